The molecule has 0 radical (unpaired) electrons. The van der Waals surface area contributed by atoms with Crippen molar-refractivity contribution in [2.45, 2.75) is 39.5 Å². The molecule has 216 valence electrons. The molecule has 12 nitrogen and oxygen atoms in total. The van der Waals surface area contributed by atoms with Crippen LogP contribution in [0.1, 0.15) is 30.8 Å². The quantitative estimate of drug-likeness (QED) is 0.394. The smallest absolute Gasteiger partial charge is 0.415 e. The number of anilines is 2. The van der Waals surface area contributed by atoms with Crippen molar-refractivity contribution in [3.63, 3.8) is 0 Å². The molecule has 0 aliphatic carbocycles. The summed E-state index contributed by atoms with van der Waals surface area (Å²) in [6.45, 7) is 8.66. The van der Waals surface area contributed by atoms with Crippen molar-refractivity contribution in [3.05, 3.63) is 71.9 Å². The van der Waals surface area contributed by atoms with Crippen LogP contribution in [-0.2, 0) is 29.0 Å². The lowest BCUT2D eigenvalue weighted by Crippen LogP contribution is -2.48. The molecule has 0 saturated carbocycles. The number of ether oxygens (including phenoxy) is 2. The first-order valence-electron chi connectivity index (χ1n) is 14.0. The van der Waals surface area contributed by atoms with E-state index < -0.39 is 0 Å². The van der Waals surface area contributed by atoms with Crippen molar-refractivity contribution in [1.82, 2.24) is 29.7 Å². The van der Waals surface area contributed by atoms with E-state index in [1.807, 2.05) is 42.7 Å². The van der Waals surface area contributed by atoms with E-state index in [2.05, 4.69) is 44.0 Å². The van der Waals surface area contributed by atoms with Gasteiger partial charge in [0.25, 0.3) is 0 Å². The van der Waals surface area contributed by atoms with Crippen LogP contribution >= 0.6 is 0 Å². The molecule has 4 heterocycles. The summed E-state index contributed by atoms with van der Waals surface area (Å²) in [5.41, 5.74) is 1.97. The Bertz CT molecular complexity index is 1300. The van der Waals surface area contributed by atoms with E-state index >= 15 is 0 Å². The lowest BCUT2D eigenvalue weighted by Gasteiger charge is -2.33. The molecular formula is C29H36N8O4. The van der Waals surface area contributed by atoms with Crippen LogP contribution in [0, 0.1) is 5.92 Å². The summed E-state index contributed by atoms with van der Waals surface area (Å²) in [4.78, 5) is 48.1. The number of carbonyl (C=O) groups is 2. The van der Waals surface area contributed by atoms with E-state index in [4.69, 9.17) is 9.47 Å². The Morgan fingerprint density at radius 1 is 1.05 bits per heavy atom. The van der Waals surface area contributed by atoms with Crippen LogP contribution in [0.5, 0.6) is 0 Å². The number of piperazine rings is 1. The van der Waals surface area contributed by atoms with Gasteiger partial charge in [-0.3, -0.25) is 9.80 Å². The highest BCUT2D eigenvalue weighted by Gasteiger charge is 2.37. The summed E-state index contributed by atoms with van der Waals surface area (Å²) in [6, 6.07) is 11.4. The van der Waals surface area contributed by atoms with Crippen LogP contribution in [0.25, 0.3) is 0 Å². The Labute approximate surface area is 239 Å². The van der Waals surface area contributed by atoms with Crippen LogP contribution < -0.4 is 10.2 Å². The number of aromatic nitrogens is 4. The topological polar surface area (TPSA) is 126 Å². The molecule has 2 amide bonds. The molecule has 2 saturated heterocycles. The summed E-state index contributed by atoms with van der Waals surface area (Å²) in [6.07, 6.45) is 5.35. The van der Waals surface area contributed by atoms with Gasteiger partial charge in [0, 0.05) is 51.3 Å². The standard InChI is InChI=1S/C29H36N8O4/c1-21(2)24-20-41-29(39)37(24)26-9-11-31-27(34-26)30-10-8-23-16-32-25(33-17-23)18-35-12-14-36(15-13-35)28(38)40-19-22-6-4-3-5-7-22/h3-7,9,11,16-17,21,24H,8,10,12-15,18-20H2,1-2H3,(H,30,31,34)/t24-/m1/s1. The Kier molecular flexibility index (Phi) is 9.19. The Balaban J connectivity index is 1.04. The average molecular weight is 561 g/mol. The molecule has 2 aliphatic heterocycles. The maximum absolute atomic E-state index is 12.4. The molecule has 1 atom stereocenters. The molecule has 0 unspecified atom stereocenters. The van der Waals surface area contributed by atoms with Gasteiger partial charge in [-0.05, 0) is 29.5 Å². The summed E-state index contributed by atoms with van der Waals surface area (Å²) in [5, 5.41) is 3.22. The summed E-state index contributed by atoms with van der Waals surface area (Å²) < 4.78 is 10.7. The second-order valence-corrected chi connectivity index (χ2v) is 10.5. The van der Waals surface area contributed by atoms with Crippen molar-refractivity contribution >= 4 is 24.0 Å². The number of amides is 2. The number of nitrogens with zero attached hydrogens (tertiary/aromatic N) is 7. The van der Waals surface area contributed by atoms with E-state index in [0.717, 1.165) is 30.0 Å². The second-order valence-electron chi connectivity index (χ2n) is 10.5. The van der Waals surface area contributed by atoms with Gasteiger partial charge in [-0.1, -0.05) is 44.2 Å². The number of cyclic esters (lactones) is 1. The Morgan fingerprint density at radius 3 is 2.54 bits per heavy atom. The van der Waals surface area contributed by atoms with Gasteiger partial charge in [0.05, 0.1) is 12.6 Å². The number of nitrogens with one attached hydrogen (secondary N) is 1. The van der Waals surface area contributed by atoms with Crippen molar-refractivity contribution in [2.24, 2.45) is 5.92 Å². The fourth-order valence-electron chi connectivity index (χ4n) is 4.77. The number of rotatable bonds is 10. The third-order valence-corrected chi connectivity index (χ3v) is 7.22. The highest BCUT2D eigenvalue weighted by atomic mass is 16.6. The monoisotopic (exact) mass is 560 g/mol. The number of benzene rings is 1. The molecule has 3 aromatic rings. The lowest BCUT2D eigenvalue weighted by atomic mass is 10.0. The third kappa shape index (κ3) is 7.46. The Hall–Kier alpha value is -4.32. The average Bonchev–Trinajstić information content (AvgIpc) is 3.39. The van der Waals surface area contributed by atoms with Gasteiger partial charge >= 0.3 is 12.2 Å². The first kappa shape index (κ1) is 28.2. The van der Waals surface area contributed by atoms with Crippen molar-refractivity contribution in [3.8, 4) is 0 Å². The van der Waals surface area contributed by atoms with Crippen LogP contribution in [0.2, 0.25) is 0 Å². The first-order chi connectivity index (χ1) is 20.0. The van der Waals surface area contributed by atoms with Gasteiger partial charge in [-0.15, -0.1) is 0 Å². The maximum atomic E-state index is 12.4. The van der Waals surface area contributed by atoms with Crippen molar-refractivity contribution < 1.29 is 19.1 Å². The van der Waals surface area contributed by atoms with Gasteiger partial charge in [-0.2, -0.15) is 4.98 Å². The number of hydrogen-bond acceptors (Lipinski definition) is 10. The van der Waals surface area contributed by atoms with Crippen molar-refractivity contribution in [1.29, 1.82) is 0 Å². The predicted molar refractivity (Wildman–Crippen MR) is 152 cm³/mol. The van der Waals surface area contributed by atoms with Crippen LogP contribution in [0.4, 0.5) is 21.4 Å². The Morgan fingerprint density at radius 2 is 1.80 bits per heavy atom. The summed E-state index contributed by atoms with van der Waals surface area (Å²) in [7, 11) is 0. The minimum Gasteiger partial charge on any atom is -0.447 e. The number of carbonyl (C=O) groups excluding carboxylic acids is 2. The fourth-order valence-corrected chi connectivity index (χ4v) is 4.77. The highest BCUT2D eigenvalue weighted by molar-refractivity contribution is 5.89. The van der Waals surface area contributed by atoms with Crippen LogP contribution in [-0.4, -0.2) is 87.3 Å². The second kappa shape index (κ2) is 13.4. The molecule has 2 fully saturated rings. The minimum atomic E-state index is -0.381. The molecule has 1 N–H and O–H groups in total. The molecule has 0 spiro atoms. The predicted octanol–water partition coefficient (Wildman–Crippen LogP) is 3.36. The van der Waals surface area contributed by atoms with E-state index in [9.17, 15) is 9.59 Å². The fraction of sp³-hybridized carbons (Fsp3) is 0.448. The van der Waals surface area contributed by atoms with Gasteiger partial charge in [-0.25, -0.2) is 24.5 Å². The largest absolute Gasteiger partial charge is 0.447 e. The van der Waals surface area contributed by atoms with Gasteiger partial charge in [0.2, 0.25) is 5.95 Å². The molecular weight excluding hydrogens is 524 g/mol. The minimum absolute atomic E-state index is 0.0498. The molecule has 41 heavy (non-hydrogen) atoms. The summed E-state index contributed by atoms with van der Waals surface area (Å²) >= 11 is 0. The third-order valence-electron chi connectivity index (χ3n) is 7.22. The van der Waals surface area contributed by atoms with Gasteiger partial charge < -0.3 is 19.7 Å². The van der Waals surface area contributed by atoms with Crippen LogP contribution in [0.3, 0.4) is 0 Å². The van der Waals surface area contributed by atoms with E-state index in [-0.39, 0.29) is 30.8 Å². The molecule has 2 aliphatic rings. The zero-order chi connectivity index (χ0) is 28.6. The zero-order valence-electron chi connectivity index (χ0n) is 23.5. The summed E-state index contributed by atoms with van der Waals surface area (Å²) in [5.74, 6) is 1.97. The number of hydrogen-bond donors (Lipinski definition) is 1. The molecule has 0 bridgehead atoms. The maximum Gasteiger partial charge on any atom is 0.415 e. The van der Waals surface area contributed by atoms with E-state index in [1.54, 1.807) is 22.1 Å². The van der Waals surface area contributed by atoms with Gasteiger partial charge in [0.15, 0.2) is 0 Å². The first-order valence-corrected chi connectivity index (χ1v) is 14.0. The van der Waals surface area contributed by atoms with Crippen molar-refractivity contribution in [2.75, 3.05) is 49.5 Å². The SMILES string of the molecule is CC(C)[C@H]1COC(=O)N1c1ccnc(NCCc2cnc(CN3CCN(C(=O)OCc4ccccc4)CC3)nc2)n1. The highest BCUT2D eigenvalue weighted by Crippen LogP contribution is 2.25. The van der Waals surface area contributed by atoms with E-state index in [1.165, 1.54) is 0 Å². The molecule has 12 heteroatoms. The normalized spacial score (nSPS) is 17.5. The van der Waals surface area contributed by atoms with Crippen LogP contribution in [0.15, 0.2) is 55.0 Å². The molecule has 2 aromatic heterocycles. The zero-order valence-corrected chi connectivity index (χ0v) is 23.5. The van der Waals surface area contributed by atoms with Gasteiger partial charge in [0.1, 0.15) is 24.9 Å². The lowest BCUT2D eigenvalue weighted by molar-refractivity contribution is 0.0694. The molecule has 5 rings (SSSR count). The van der Waals surface area contributed by atoms with E-state index in [0.29, 0.717) is 51.0 Å². The molecule has 1 aromatic carbocycles.